The number of nitrogens with one attached hydrogen (secondary N) is 1. The van der Waals surface area contributed by atoms with Crippen molar-refractivity contribution in [2.24, 2.45) is 0 Å². The average molecular weight is 344 g/mol. The van der Waals surface area contributed by atoms with Gasteiger partial charge in [-0.2, -0.15) is 5.26 Å². The van der Waals surface area contributed by atoms with Crippen molar-refractivity contribution in [1.82, 2.24) is 0 Å². The van der Waals surface area contributed by atoms with E-state index in [0.717, 1.165) is 4.90 Å². The lowest BCUT2D eigenvalue weighted by Gasteiger charge is -2.12. The minimum Gasteiger partial charge on any atom is -0.353 e. The first-order valence-corrected chi connectivity index (χ1v) is 7.91. The third kappa shape index (κ3) is 3.16. The van der Waals surface area contributed by atoms with E-state index in [1.54, 1.807) is 12.1 Å². The van der Waals surface area contributed by atoms with Crippen molar-refractivity contribution in [2.45, 2.75) is 4.90 Å². The highest BCUT2D eigenvalue weighted by Crippen LogP contribution is 2.35. The molecule has 102 valence electrons. The van der Waals surface area contributed by atoms with E-state index in [2.05, 4.69) is 11.4 Å². The summed E-state index contributed by atoms with van der Waals surface area (Å²) < 4.78 is 0. The maximum absolute atomic E-state index is 9.29. The van der Waals surface area contributed by atoms with Gasteiger partial charge in [-0.15, -0.1) is 11.8 Å². The molecule has 0 atom stereocenters. The Balaban J connectivity index is 2.46. The molecular formula is C14H9Cl3N2S. The summed E-state index contributed by atoms with van der Waals surface area (Å²) >= 11 is 19.5. The topological polar surface area (TPSA) is 35.8 Å². The Bertz CT molecular complexity index is 696. The number of hydrogen-bond donors (Lipinski definition) is 1. The predicted molar refractivity (Wildman–Crippen MR) is 87.7 cm³/mol. The fourth-order valence-corrected chi connectivity index (χ4v) is 2.85. The highest BCUT2D eigenvalue weighted by Gasteiger charge is 2.11. The molecule has 0 amide bonds. The van der Waals surface area contributed by atoms with Crippen LogP contribution in [0.5, 0.6) is 0 Å². The Hall–Kier alpha value is -1.05. The lowest BCUT2D eigenvalue weighted by atomic mass is 10.2. The molecule has 2 aromatic rings. The van der Waals surface area contributed by atoms with Crippen LogP contribution in [0.25, 0.3) is 0 Å². The highest BCUT2D eigenvalue weighted by molar-refractivity contribution is 7.98. The molecule has 0 unspecified atom stereocenters. The normalized spacial score (nSPS) is 10.2. The van der Waals surface area contributed by atoms with Crippen molar-refractivity contribution in [1.29, 1.82) is 5.26 Å². The van der Waals surface area contributed by atoms with Crippen molar-refractivity contribution >= 4 is 57.9 Å². The number of nitriles is 1. The van der Waals surface area contributed by atoms with Crippen molar-refractivity contribution in [3.05, 3.63) is 51.0 Å². The number of thioether (sulfide) groups is 1. The van der Waals surface area contributed by atoms with Gasteiger partial charge < -0.3 is 5.32 Å². The Morgan fingerprint density at radius 2 is 1.75 bits per heavy atom. The summed E-state index contributed by atoms with van der Waals surface area (Å²) in [5.41, 5.74) is 1.86. The second-order valence-corrected chi connectivity index (χ2v) is 5.94. The van der Waals surface area contributed by atoms with Crippen LogP contribution in [0.2, 0.25) is 15.1 Å². The molecule has 2 rings (SSSR count). The molecule has 0 saturated carbocycles. The van der Waals surface area contributed by atoms with Crippen molar-refractivity contribution < 1.29 is 0 Å². The second kappa shape index (κ2) is 6.60. The summed E-state index contributed by atoms with van der Waals surface area (Å²) in [6.07, 6.45) is 1.92. The molecule has 2 aromatic carbocycles. The average Bonchev–Trinajstić information content (AvgIpc) is 2.44. The molecule has 0 aliphatic heterocycles. The first kappa shape index (κ1) is 15.3. The second-order valence-electron chi connectivity index (χ2n) is 3.87. The largest absolute Gasteiger partial charge is 0.353 e. The maximum Gasteiger partial charge on any atom is 0.103 e. The third-order valence-corrected chi connectivity index (χ3v) is 4.45. The van der Waals surface area contributed by atoms with Gasteiger partial charge >= 0.3 is 0 Å². The van der Waals surface area contributed by atoms with E-state index in [0.29, 0.717) is 32.0 Å². The number of rotatable bonds is 3. The minimum absolute atomic E-state index is 0.389. The fourth-order valence-electron chi connectivity index (χ4n) is 1.68. The molecule has 1 N–H and O–H groups in total. The fraction of sp³-hybridized carbons (Fsp3) is 0.0714. The minimum atomic E-state index is 0.389. The van der Waals surface area contributed by atoms with Gasteiger partial charge in [-0.1, -0.05) is 40.9 Å². The first-order chi connectivity index (χ1) is 9.56. The summed E-state index contributed by atoms with van der Waals surface area (Å²) in [5.74, 6) is 0. The summed E-state index contributed by atoms with van der Waals surface area (Å²) in [6, 6.07) is 11.0. The molecule has 0 aromatic heterocycles. The van der Waals surface area contributed by atoms with Crippen LogP contribution in [0, 0.1) is 11.3 Å². The lowest BCUT2D eigenvalue weighted by Crippen LogP contribution is -1.96. The highest BCUT2D eigenvalue weighted by atomic mass is 35.5. The zero-order chi connectivity index (χ0) is 14.7. The Morgan fingerprint density at radius 3 is 2.40 bits per heavy atom. The van der Waals surface area contributed by atoms with E-state index in [1.165, 1.54) is 11.8 Å². The van der Waals surface area contributed by atoms with Gasteiger partial charge in [0.1, 0.15) is 6.07 Å². The zero-order valence-electron chi connectivity index (χ0n) is 10.4. The van der Waals surface area contributed by atoms with Crippen LogP contribution in [-0.4, -0.2) is 6.26 Å². The van der Waals surface area contributed by atoms with Crippen molar-refractivity contribution in [3.8, 4) is 6.07 Å². The van der Waals surface area contributed by atoms with Gasteiger partial charge in [-0.3, -0.25) is 0 Å². The van der Waals surface area contributed by atoms with E-state index < -0.39 is 0 Å². The summed E-state index contributed by atoms with van der Waals surface area (Å²) in [7, 11) is 0. The third-order valence-electron chi connectivity index (χ3n) is 2.64. The van der Waals surface area contributed by atoms with Gasteiger partial charge in [0.05, 0.1) is 32.0 Å². The van der Waals surface area contributed by atoms with Crippen LogP contribution in [0.15, 0.2) is 35.2 Å². The predicted octanol–water partition coefficient (Wildman–Crippen LogP) is 5.98. The van der Waals surface area contributed by atoms with Crippen LogP contribution >= 0.6 is 46.6 Å². The number of hydrogen-bond acceptors (Lipinski definition) is 3. The first-order valence-electron chi connectivity index (χ1n) is 5.55. The molecule has 0 bridgehead atoms. The van der Waals surface area contributed by atoms with Gasteiger partial charge in [0.25, 0.3) is 0 Å². The molecule has 0 radical (unpaired) electrons. The Kier molecular flexibility index (Phi) is 5.06. The van der Waals surface area contributed by atoms with Crippen LogP contribution < -0.4 is 5.32 Å². The van der Waals surface area contributed by atoms with Gasteiger partial charge in [0.15, 0.2) is 0 Å². The van der Waals surface area contributed by atoms with Crippen LogP contribution in [0.3, 0.4) is 0 Å². The smallest absolute Gasteiger partial charge is 0.103 e. The molecular weight excluding hydrogens is 335 g/mol. The quantitative estimate of drug-likeness (QED) is 0.549. The Morgan fingerprint density at radius 1 is 1.05 bits per heavy atom. The van der Waals surface area contributed by atoms with Crippen molar-refractivity contribution in [2.75, 3.05) is 11.6 Å². The number of halogens is 3. The van der Waals surface area contributed by atoms with Crippen molar-refractivity contribution in [3.63, 3.8) is 0 Å². The van der Waals surface area contributed by atoms with Gasteiger partial charge in [-0.25, -0.2) is 0 Å². The van der Waals surface area contributed by atoms with Gasteiger partial charge in [-0.05, 0) is 30.5 Å². The molecule has 2 nitrogen and oxygen atoms in total. The number of anilines is 2. The molecule has 0 aliphatic rings. The molecule has 20 heavy (non-hydrogen) atoms. The van der Waals surface area contributed by atoms with E-state index >= 15 is 0 Å². The molecule has 0 saturated heterocycles. The van der Waals surface area contributed by atoms with E-state index in [1.807, 2.05) is 24.5 Å². The molecule has 0 heterocycles. The maximum atomic E-state index is 9.29. The summed E-state index contributed by atoms with van der Waals surface area (Å²) in [4.78, 5) is 0.897. The van der Waals surface area contributed by atoms with E-state index in [-0.39, 0.29) is 0 Å². The molecule has 0 fully saturated rings. The monoisotopic (exact) mass is 342 g/mol. The number of nitrogens with zero attached hydrogens (tertiary/aromatic N) is 1. The van der Waals surface area contributed by atoms with Crippen LogP contribution in [-0.2, 0) is 0 Å². The van der Waals surface area contributed by atoms with Gasteiger partial charge in [0, 0.05) is 4.90 Å². The SMILES string of the molecule is CSc1cccc(Nc2cc(Cl)c(Cl)cc2Cl)c1C#N. The summed E-state index contributed by atoms with van der Waals surface area (Å²) in [5, 5.41) is 13.6. The van der Waals surface area contributed by atoms with Crippen LogP contribution in [0.1, 0.15) is 5.56 Å². The molecule has 6 heteroatoms. The standard InChI is InChI=1S/C14H9Cl3N2S/c1-20-14-4-2-3-12(8(14)7-18)19-13-6-10(16)9(15)5-11(13)17/h2-6,19H,1H3. The lowest BCUT2D eigenvalue weighted by molar-refractivity contribution is 1.36. The Labute approximate surface area is 136 Å². The van der Waals surface area contributed by atoms with Crippen LogP contribution in [0.4, 0.5) is 11.4 Å². The zero-order valence-corrected chi connectivity index (χ0v) is 13.5. The van der Waals surface area contributed by atoms with E-state index in [9.17, 15) is 5.26 Å². The molecule has 0 aliphatic carbocycles. The van der Waals surface area contributed by atoms with E-state index in [4.69, 9.17) is 34.8 Å². The number of benzene rings is 2. The molecule has 0 spiro atoms. The summed E-state index contributed by atoms with van der Waals surface area (Å²) in [6.45, 7) is 0. The van der Waals surface area contributed by atoms with Gasteiger partial charge in [0.2, 0.25) is 0 Å².